The van der Waals surface area contributed by atoms with E-state index in [1.165, 1.54) is 11.1 Å². The van der Waals surface area contributed by atoms with Crippen LogP contribution in [0.15, 0.2) is 54.6 Å². The van der Waals surface area contributed by atoms with Crippen LogP contribution in [0.25, 0.3) is 0 Å². The van der Waals surface area contributed by atoms with E-state index in [2.05, 4.69) is 35.2 Å². The molecule has 3 nitrogen and oxygen atoms in total. The molecule has 0 bridgehead atoms. The molecule has 1 atom stereocenters. The van der Waals surface area contributed by atoms with Gasteiger partial charge in [-0.05, 0) is 44.0 Å². The highest BCUT2D eigenvalue weighted by Crippen LogP contribution is 2.39. The van der Waals surface area contributed by atoms with E-state index in [-0.39, 0.29) is 12.0 Å². The molecule has 1 aliphatic heterocycles. The number of hydrogen-bond acceptors (Lipinski definition) is 3. The average Bonchev–Trinajstić information content (AvgIpc) is 2.85. The van der Waals surface area contributed by atoms with Crippen molar-refractivity contribution in [2.24, 2.45) is 0 Å². The lowest BCUT2D eigenvalue weighted by molar-refractivity contribution is -0.155. The molecule has 2 aromatic rings. The SMILES string of the molecule is CC(C)(C)OC(=O)CC1c2ccccc2CN1c1ccccc1. The summed E-state index contributed by atoms with van der Waals surface area (Å²) in [7, 11) is 0. The molecule has 0 aromatic heterocycles. The van der Waals surface area contributed by atoms with Gasteiger partial charge in [0.2, 0.25) is 0 Å². The second-order valence-electron chi connectivity index (χ2n) is 6.97. The fourth-order valence-corrected chi connectivity index (χ4v) is 3.12. The van der Waals surface area contributed by atoms with Crippen LogP contribution in [0.4, 0.5) is 5.69 Å². The molecule has 3 heteroatoms. The van der Waals surface area contributed by atoms with Gasteiger partial charge in [-0.3, -0.25) is 4.79 Å². The topological polar surface area (TPSA) is 29.5 Å². The highest BCUT2D eigenvalue weighted by Gasteiger charge is 2.33. The molecule has 23 heavy (non-hydrogen) atoms. The van der Waals surface area contributed by atoms with Gasteiger partial charge in [-0.15, -0.1) is 0 Å². The fourth-order valence-electron chi connectivity index (χ4n) is 3.12. The first-order valence-electron chi connectivity index (χ1n) is 8.05. The van der Waals surface area contributed by atoms with Crippen LogP contribution in [-0.4, -0.2) is 11.6 Å². The predicted octanol–water partition coefficient (Wildman–Crippen LogP) is 4.48. The number of esters is 1. The maximum absolute atomic E-state index is 12.4. The van der Waals surface area contributed by atoms with E-state index in [0.29, 0.717) is 6.42 Å². The molecule has 0 aliphatic carbocycles. The molecule has 3 rings (SSSR count). The molecule has 1 unspecified atom stereocenters. The van der Waals surface area contributed by atoms with Crippen molar-refractivity contribution in [2.45, 2.75) is 45.4 Å². The van der Waals surface area contributed by atoms with Gasteiger partial charge in [0.25, 0.3) is 0 Å². The minimum atomic E-state index is -0.452. The smallest absolute Gasteiger partial charge is 0.308 e. The van der Waals surface area contributed by atoms with E-state index in [1.54, 1.807) is 0 Å². The van der Waals surface area contributed by atoms with Crippen molar-refractivity contribution in [2.75, 3.05) is 4.90 Å². The Balaban J connectivity index is 1.88. The van der Waals surface area contributed by atoms with Gasteiger partial charge < -0.3 is 9.64 Å². The molecule has 0 spiro atoms. The maximum Gasteiger partial charge on any atom is 0.308 e. The van der Waals surface area contributed by atoms with E-state index in [9.17, 15) is 4.79 Å². The molecule has 2 aromatic carbocycles. The van der Waals surface area contributed by atoms with Gasteiger partial charge in [-0.1, -0.05) is 42.5 Å². The lowest BCUT2D eigenvalue weighted by Crippen LogP contribution is -2.28. The molecule has 0 saturated carbocycles. The van der Waals surface area contributed by atoms with Gasteiger partial charge >= 0.3 is 5.97 Å². The van der Waals surface area contributed by atoms with Gasteiger partial charge in [-0.2, -0.15) is 0 Å². The van der Waals surface area contributed by atoms with E-state index in [1.807, 2.05) is 45.0 Å². The Kier molecular flexibility index (Phi) is 4.12. The van der Waals surface area contributed by atoms with Crippen molar-refractivity contribution in [3.8, 4) is 0 Å². The molecular formula is C20H23NO2. The lowest BCUT2D eigenvalue weighted by Gasteiger charge is -2.28. The van der Waals surface area contributed by atoms with Crippen molar-refractivity contribution >= 4 is 11.7 Å². The molecule has 0 radical (unpaired) electrons. The third kappa shape index (κ3) is 3.55. The van der Waals surface area contributed by atoms with Crippen LogP contribution in [-0.2, 0) is 16.1 Å². The molecule has 1 aliphatic rings. The summed E-state index contributed by atoms with van der Waals surface area (Å²) in [5.74, 6) is -0.153. The third-order valence-electron chi connectivity index (χ3n) is 4.00. The highest BCUT2D eigenvalue weighted by molar-refractivity contribution is 5.73. The first-order valence-corrected chi connectivity index (χ1v) is 8.05. The monoisotopic (exact) mass is 309 g/mol. The summed E-state index contributed by atoms with van der Waals surface area (Å²) in [6.07, 6.45) is 0.364. The zero-order chi connectivity index (χ0) is 16.4. The van der Waals surface area contributed by atoms with Gasteiger partial charge in [0.15, 0.2) is 0 Å². The minimum absolute atomic E-state index is 0.0310. The molecule has 1 heterocycles. The first-order chi connectivity index (χ1) is 10.9. The Morgan fingerprint density at radius 2 is 1.74 bits per heavy atom. The summed E-state index contributed by atoms with van der Waals surface area (Å²) < 4.78 is 5.53. The molecule has 120 valence electrons. The number of carbonyl (C=O) groups is 1. The van der Waals surface area contributed by atoms with Crippen molar-refractivity contribution < 1.29 is 9.53 Å². The summed E-state index contributed by atoms with van der Waals surface area (Å²) in [5.41, 5.74) is 3.19. The molecule has 0 amide bonds. The molecule has 0 N–H and O–H groups in total. The van der Waals surface area contributed by atoms with E-state index in [0.717, 1.165) is 12.2 Å². The van der Waals surface area contributed by atoms with Crippen LogP contribution in [0.2, 0.25) is 0 Å². The van der Waals surface area contributed by atoms with E-state index in [4.69, 9.17) is 4.74 Å². The number of fused-ring (bicyclic) bond motifs is 1. The van der Waals surface area contributed by atoms with Crippen molar-refractivity contribution in [3.63, 3.8) is 0 Å². The number of ether oxygens (including phenoxy) is 1. The van der Waals surface area contributed by atoms with Crippen LogP contribution in [0.3, 0.4) is 0 Å². The van der Waals surface area contributed by atoms with Gasteiger partial charge in [-0.25, -0.2) is 0 Å². The zero-order valence-electron chi connectivity index (χ0n) is 14.0. The normalized spacial score (nSPS) is 17.0. The number of carbonyl (C=O) groups excluding carboxylic acids is 1. The predicted molar refractivity (Wildman–Crippen MR) is 92.3 cm³/mol. The van der Waals surface area contributed by atoms with Crippen LogP contribution >= 0.6 is 0 Å². The Morgan fingerprint density at radius 1 is 1.09 bits per heavy atom. The maximum atomic E-state index is 12.4. The third-order valence-corrected chi connectivity index (χ3v) is 4.00. The van der Waals surface area contributed by atoms with Crippen molar-refractivity contribution in [3.05, 3.63) is 65.7 Å². The Bertz CT molecular complexity index is 688. The number of benzene rings is 2. The quantitative estimate of drug-likeness (QED) is 0.783. The fraction of sp³-hybridized carbons (Fsp3) is 0.350. The standard InChI is InChI=1S/C20H23NO2/c1-20(2,3)23-19(22)13-18-17-12-8-7-9-15(17)14-21(18)16-10-5-4-6-11-16/h4-12,18H,13-14H2,1-3H3. The Morgan fingerprint density at radius 3 is 2.43 bits per heavy atom. The average molecular weight is 309 g/mol. The number of nitrogens with zero attached hydrogens (tertiary/aromatic N) is 1. The Labute approximate surface area is 137 Å². The summed E-state index contributed by atoms with van der Waals surface area (Å²) >= 11 is 0. The number of hydrogen-bond donors (Lipinski definition) is 0. The summed E-state index contributed by atoms with van der Waals surface area (Å²) in [5, 5.41) is 0. The summed E-state index contributed by atoms with van der Waals surface area (Å²) in [6, 6.07) is 18.6. The van der Waals surface area contributed by atoms with Crippen LogP contribution < -0.4 is 4.90 Å². The van der Waals surface area contributed by atoms with Crippen molar-refractivity contribution in [1.82, 2.24) is 0 Å². The number of para-hydroxylation sites is 1. The number of rotatable bonds is 3. The first kappa shape index (κ1) is 15.6. The highest BCUT2D eigenvalue weighted by atomic mass is 16.6. The summed E-state index contributed by atoms with van der Waals surface area (Å²) in [4.78, 5) is 14.6. The summed E-state index contributed by atoms with van der Waals surface area (Å²) in [6.45, 7) is 6.54. The number of anilines is 1. The van der Waals surface area contributed by atoms with Crippen LogP contribution in [0, 0.1) is 0 Å². The molecule has 0 fully saturated rings. The van der Waals surface area contributed by atoms with Crippen LogP contribution in [0.1, 0.15) is 44.4 Å². The van der Waals surface area contributed by atoms with Crippen LogP contribution in [0.5, 0.6) is 0 Å². The molecular weight excluding hydrogens is 286 g/mol. The zero-order valence-corrected chi connectivity index (χ0v) is 14.0. The second kappa shape index (κ2) is 6.07. The molecule has 0 saturated heterocycles. The van der Waals surface area contributed by atoms with Gasteiger partial charge in [0.05, 0.1) is 12.5 Å². The Hall–Kier alpha value is -2.29. The van der Waals surface area contributed by atoms with E-state index >= 15 is 0 Å². The lowest BCUT2D eigenvalue weighted by atomic mass is 10.0. The second-order valence-corrected chi connectivity index (χ2v) is 6.97. The van der Waals surface area contributed by atoms with Gasteiger partial charge in [0, 0.05) is 12.2 Å². The van der Waals surface area contributed by atoms with E-state index < -0.39 is 5.60 Å². The minimum Gasteiger partial charge on any atom is -0.460 e. The largest absolute Gasteiger partial charge is 0.460 e. The van der Waals surface area contributed by atoms with Gasteiger partial charge in [0.1, 0.15) is 5.60 Å². The van der Waals surface area contributed by atoms with Crippen molar-refractivity contribution in [1.29, 1.82) is 0 Å².